The quantitative estimate of drug-likeness (QED) is 0.854. The van der Waals surface area contributed by atoms with E-state index in [0.717, 1.165) is 10.4 Å². The van der Waals surface area contributed by atoms with Crippen LogP contribution in [0, 0.1) is 0 Å². The maximum Gasteiger partial charge on any atom is 0.412 e. The van der Waals surface area contributed by atoms with E-state index in [1.807, 2.05) is 0 Å². The summed E-state index contributed by atoms with van der Waals surface area (Å²) in [5.74, 6) is 0. The lowest BCUT2D eigenvalue weighted by molar-refractivity contribution is -0.0953. The second kappa shape index (κ2) is 5.74. The Hall–Kier alpha value is -1.45. The Morgan fingerprint density at radius 2 is 2.05 bits per heavy atom. The summed E-state index contributed by atoms with van der Waals surface area (Å²) in [7, 11) is -3.89. The van der Waals surface area contributed by atoms with Gasteiger partial charge in [0.15, 0.2) is 5.03 Å². The summed E-state index contributed by atoms with van der Waals surface area (Å²) in [4.78, 5) is 3.81. The first-order chi connectivity index (χ1) is 9.75. The lowest BCUT2D eigenvalue weighted by Gasteiger charge is -2.26. The van der Waals surface area contributed by atoms with Gasteiger partial charge in [0.05, 0.1) is 0 Å². The largest absolute Gasteiger partial charge is 0.412 e. The number of nitrogens with two attached hydrogens (primary N) is 1. The Bertz CT molecular complexity index is 639. The van der Waals surface area contributed by atoms with E-state index in [1.54, 1.807) is 0 Å². The minimum atomic E-state index is -4.41. The van der Waals surface area contributed by atoms with Gasteiger partial charge in [-0.05, 0) is 18.1 Å². The van der Waals surface area contributed by atoms with E-state index in [0.29, 0.717) is 5.56 Å². The molecule has 0 aromatic carbocycles. The SMILES string of the molecule is NCc1ccc(S(=O)(=O)N2CC=C(C(F)(F)F)CC2)nc1. The zero-order chi connectivity index (χ0) is 15.7. The Kier molecular flexibility index (Phi) is 4.35. The highest BCUT2D eigenvalue weighted by atomic mass is 32.2. The van der Waals surface area contributed by atoms with Gasteiger partial charge < -0.3 is 5.73 Å². The molecule has 116 valence electrons. The molecule has 0 amide bonds. The molecule has 5 nitrogen and oxygen atoms in total. The van der Waals surface area contributed by atoms with Gasteiger partial charge in [0.2, 0.25) is 0 Å². The molecule has 2 rings (SSSR count). The van der Waals surface area contributed by atoms with Gasteiger partial charge in [-0.15, -0.1) is 0 Å². The minimum absolute atomic E-state index is 0.191. The van der Waals surface area contributed by atoms with Crippen molar-refractivity contribution in [3.8, 4) is 0 Å². The molecule has 1 aliphatic heterocycles. The summed E-state index contributed by atoms with van der Waals surface area (Å²) >= 11 is 0. The smallest absolute Gasteiger partial charge is 0.326 e. The van der Waals surface area contributed by atoms with Gasteiger partial charge in [0.1, 0.15) is 0 Å². The lowest BCUT2D eigenvalue weighted by Crippen LogP contribution is -2.37. The molecular weight excluding hydrogens is 307 g/mol. The van der Waals surface area contributed by atoms with Crippen molar-refractivity contribution in [2.45, 2.75) is 24.2 Å². The summed E-state index contributed by atoms with van der Waals surface area (Å²) in [5.41, 5.74) is 5.37. The van der Waals surface area contributed by atoms with E-state index in [9.17, 15) is 21.6 Å². The molecule has 9 heteroatoms. The number of halogens is 3. The first kappa shape index (κ1) is 15.9. The lowest BCUT2D eigenvalue weighted by atomic mass is 10.1. The van der Waals surface area contributed by atoms with Crippen LogP contribution in [0.25, 0.3) is 0 Å². The maximum absolute atomic E-state index is 12.5. The van der Waals surface area contributed by atoms with E-state index < -0.39 is 21.8 Å². The van der Waals surface area contributed by atoms with E-state index in [4.69, 9.17) is 5.73 Å². The number of alkyl halides is 3. The molecule has 21 heavy (non-hydrogen) atoms. The van der Waals surface area contributed by atoms with E-state index in [2.05, 4.69) is 4.98 Å². The Labute approximate surface area is 120 Å². The van der Waals surface area contributed by atoms with Crippen LogP contribution in [-0.4, -0.2) is 37.0 Å². The van der Waals surface area contributed by atoms with Crippen LogP contribution in [0.5, 0.6) is 0 Å². The zero-order valence-corrected chi connectivity index (χ0v) is 11.8. The van der Waals surface area contributed by atoms with Crippen LogP contribution >= 0.6 is 0 Å². The first-order valence-corrected chi connectivity index (χ1v) is 7.60. The number of hydrogen-bond acceptors (Lipinski definition) is 4. The normalized spacial score (nSPS) is 17.6. The second-order valence-electron chi connectivity index (χ2n) is 4.55. The third kappa shape index (κ3) is 3.42. The Balaban J connectivity index is 2.20. The van der Waals surface area contributed by atoms with Crippen LogP contribution in [0.15, 0.2) is 35.0 Å². The van der Waals surface area contributed by atoms with Gasteiger partial charge in [-0.1, -0.05) is 12.1 Å². The van der Waals surface area contributed by atoms with Crippen LogP contribution in [0.2, 0.25) is 0 Å². The van der Waals surface area contributed by atoms with Crippen molar-refractivity contribution in [1.29, 1.82) is 0 Å². The van der Waals surface area contributed by atoms with Gasteiger partial charge in [0.25, 0.3) is 10.0 Å². The van der Waals surface area contributed by atoms with Crippen molar-refractivity contribution in [3.05, 3.63) is 35.5 Å². The average molecular weight is 321 g/mol. The summed E-state index contributed by atoms with van der Waals surface area (Å²) in [6.07, 6.45) is -2.52. The highest BCUT2D eigenvalue weighted by Gasteiger charge is 2.37. The number of nitrogens with zero attached hydrogens (tertiary/aromatic N) is 2. The predicted molar refractivity (Wildman–Crippen MR) is 69.6 cm³/mol. The second-order valence-corrected chi connectivity index (χ2v) is 6.43. The van der Waals surface area contributed by atoms with Crippen LogP contribution in [-0.2, 0) is 16.6 Å². The molecule has 0 saturated heterocycles. The first-order valence-electron chi connectivity index (χ1n) is 6.16. The highest BCUT2D eigenvalue weighted by Crippen LogP contribution is 2.31. The van der Waals surface area contributed by atoms with Gasteiger partial charge in [-0.3, -0.25) is 0 Å². The van der Waals surface area contributed by atoms with Gasteiger partial charge >= 0.3 is 6.18 Å². The standard InChI is InChI=1S/C12H14F3N3O2S/c13-12(14,15)10-3-5-18(6-4-10)21(19,20)11-2-1-9(7-16)8-17-11/h1-3,8H,4-7,16H2. The average Bonchev–Trinajstić information content (AvgIpc) is 2.46. The summed E-state index contributed by atoms with van der Waals surface area (Å²) in [6, 6.07) is 2.83. The van der Waals surface area contributed by atoms with Crippen LogP contribution < -0.4 is 5.73 Å². The summed E-state index contributed by atoms with van der Waals surface area (Å²) in [5, 5.41) is -0.191. The van der Waals surface area contributed by atoms with Gasteiger partial charge in [-0.2, -0.15) is 17.5 Å². The monoisotopic (exact) mass is 321 g/mol. The third-order valence-electron chi connectivity index (χ3n) is 3.17. The van der Waals surface area contributed by atoms with Crippen molar-refractivity contribution in [2.24, 2.45) is 5.73 Å². The van der Waals surface area contributed by atoms with Crippen molar-refractivity contribution in [2.75, 3.05) is 13.1 Å². The molecule has 0 saturated carbocycles. The van der Waals surface area contributed by atoms with E-state index >= 15 is 0 Å². The number of sulfonamides is 1. The maximum atomic E-state index is 12.5. The molecule has 2 N–H and O–H groups in total. The summed E-state index contributed by atoms with van der Waals surface area (Å²) < 4.78 is 63.0. The number of hydrogen-bond donors (Lipinski definition) is 1. The molecular formula is C12H14F3N3O2S. The minimum Gasteiger partial charge on any atom is -0.326 e. The van der Waals surface area contributed by atoms with Gasteiger partial charge in [-0.25, -0.2) is 13.4 Å². The molecule has 0 bridgehead atoms. The molecule has 1 aromatic rings. The van der Waals surface area contributed by atoms with Crippen molar-refractivity contribution >= 4 is 10.0 Å². The van der Waals surface area contributed by atoms with Gasteiger partial charge in [0, 0.05) is 31.4 Å². The van der Waals surface area contributed by atoms with Crippen molar-refractivity contribution < 1.29 is 21.6 Å². The topological polar surface area (TPSA) is 76.3 Å². The fourth-order valence-electron chi connectivity index (χ4n) is 1.94. The molecule has 0 aliphatic carbocycles. The molecule has 0 spiro atoms. The van der Waals surface area contributed by atoms with Crippen LogP contribution in [0.1, 0.15) is 12.0 Å². The van der Waals surface area contributed by atoms with Crippen molar-refractivity contribution in [1.82, 2.24) is 9.29 Å². The predicted octanol–water partition coefficient (Wildman–Crippen LogP) is 1.42. The zero-order valence-electron chi connectivity index (χ0n) is 11.0. The third-order valence-corrected chi connectivity index (χ3v) is 4.96. The molecule has 0 fully saturated rings. The number of aromatic nitrogens is 1. The van der Waals surface area contributed by atoms with Crippen LogP contribution in [0.4, 0.5) is 13.2 Å². The molecule has 1 aliphatic rings. The molecule has 2 heterocycles. The van der Waals surface area contributed by atoms with E-state index in [-0.39, 0.29) is 31.1 Å². The number of rotatable bonds is 3. The Morgan fingerprint density at radius 3 is 2.48 bits per heavy atom. The van der Waals surface area contributed by atoms with Crippen LogP contribution in [0.3, 0.4) is 0 Å². The fraction of sp³-hybridized carbons (Fsp3) is 0.417. The molecule has 0 unspecified atom stereocenters. The molecule has 0 radical (unpaired) electrons. The van der Waals surface area contributed by atoms with Crippen molar-refractivity contribution in [3.63, 3.8) is 0 Å². The molecule has 0 atom stereocenters. The Morgan fingerprint density at radius 1 is 1.33 bits per heavy atom. The highest BCUT2D eigenvalue weighted by molar-refractivity contribution is 7.89. The van der Waals surface area contributed by atoms with E-state index in [1.165, 1.54) is 18.3 Å². The fourth-order valence-corrected chi connectivity index (χ4v) is 3.24. The molecule has 1 aromatic heterocycles. The summed E-state index contributed by atoms with van der Waals surface area (Å²) in [6.45, 7) is -0.291. The number of pyridine rings is 1.